The van der Waals surface area contributed by atoms with E-state index < -0.39 is 0 Å². The fraction of sp³-hybridized carbons (Fsp3) is 0.0357. The average molecular weight is 418 g/mol. The first-order chi connectivity index (χ1) is 15.8. The highest BCUT2D eigenvalue weighted by Gasteiger charge is 2.22. The summed E-state index contributed by atoms with van der Waals surface area (Å²) in [7, 11) is 0. The van der Waals surface area contributed by atoms with Crippen LogP contribution in [0.1, 0.15) is 15.9 Å². The van der Waals surface area contributed by atoms with E-state index in [1.165, 1.54) is 0 Å². The second kappa shape index (κ2) is 8.82. The molecule has 5 aromatic rings. The molecule has 0 aliphatic rings. The van der Waals surface area contributed by atoms with Gasteiger partial charge in [0, 0.05) is 28.7 Å². The van der Waals surface area contributed by atoms with Crippen molar-refractivity contribution >= 4 is 22.4 Å². The summed E-state index contributed by atoms with van der Waals surface area (Å²) in [5, 5.41) is 3.59. The molecule has 0 aliphatic carbocycles. The number of nitrogens with zero attached hydrogens (tertiary/aromatic N) is 2. The molecule has 0 fully saturated rings. The summed E-state index contributed by atoms with van der Waals surface area (Å²) in [6.07, 6.45) is 3.74. The normalized spacial score (nSPS) is 10.8. The second-order valence-electron chi connectivity index (χ2n) is 7.45. The van der Waals surface area contributed by atoms with E-state index in [0.29, 0.717) is 12.2 Å². The zero-order chi connectivity index (χ0) is 21.8. The van der Waals surface area contributed by atoms with Crippen LogP contribution in [0, 0.1) is 0 Å². The number of amides is 1. The molecule has 0 saturated heterocycles. The Morgan fingerprint density at radius 2 is 1.31 bits per heavy atom. The van der Waals surface area contributed by atoms with Gasteiger partial charge in [-0.25, -0.2) is 5.01 Å². The Kier molecular flexibility index (Phi) is 5.41. The molecule has 4 aromatic carbocycles. The van der Waals surface area contributed by atoms with Crippen LogP contribution in [0.4, 0.5) is 5.69 Å². The Hall–Kier alpha value is -4.31. The van der Waals surface area contributed by atoms with E-state index in [1.54, 1.807) is 5.01 Å². The van der Waals surface area contributed by atoms with Gasteiger partial charge in [0.15, 0.2) is 0 Å². The number of anilines is 1. The van der Waals surface area contributed by atoms with Crippen LogP contribution in [0.5, 0.6) is 5.75 Å². The number of hydrogen-bond acceptors (Lipinski definition) is 2. The molecule has 4 heteroatoms. The quantitative estimate of drug-likeness (QED) is 0.323. The van der Waals surface area contributed by atoms with Crippen LogP contribution in [-0.2, 0) is 6.61 Å². The molecule has 4 nitrogen and oxygen atoms in total. The lowest BCUT2D eigenvalue weighted by molar-refractivity contribution is 0.0976. The van der Waals surface area contributed by atoms with Crippen LogP contribution < -0.4 is 9.75 Å². The maximum Gasteiger partial charge on any atom is 0.277 e. The average Bonchev–Trinajstić information content (AvgIpc) is 3.39. The van der Waals surface area contributed by atoms with Gasteiger partial charge in [-0.05, 0) is 42.0 Å². The standard InChI is InChI=1S/C28H22N2O2/c31-28(23-13-5-2-6-14-23)30(29-19-9-10-20-29)26-17-18-27(25-16-8-7-15-24(25)26)32-21-22-11-3-1-4-12-22/h1-20H,21H2. The predicted molar refractivity (Wildman–Crippen MR) is 128 cm³/mol. The van der Waals surface area contributed by atoms with Crippen LogP contribution in [0.15, 0.2) is 122 Å². The number of benzene rings is 4. The van der Waals surface area contributed by atoms with E-state index in [4.69, 9.17) is 4.74 Å². The Labute approximate surface area is 186 Å². The Bertz CT molecular complexity index is 1330. The molecule has 156 valence electrons. The van der Waals surface area contributed by atoms with Crippen molar-refractivity contribution in [3.8, 4) is 5.75 Å². The van der Waals surface area contributed by atoms with Gasteiger partial charge in [-0.2, -0.15) is 0 Å². The van der Waals surface area contributed by atoms with E-state index in [9.17, 15) is 4.79 Å². The van der Waals surface area contributed by atoms with Crippen LogP contribution in [0.2, 0.25) is 0 Å². The van der Waals surface area contributed by atoms with Crippen molar-refractivity contribution in [2.24, 2.45) is 0 Å². The number of hydrogen-bond donors (Lipinski definition) is 0. The summed E-state index contributed by atoms with van der Waals surface area (Å²) < 4.78 is 7.97. The molecule has 1 aromatic heterocycles. The van der Waals surface area contributed by atoms with Gasteiger partial charge in [0.25, 0.3) is 5.91 Å². The lowest BCUT2D eigenvalue weighted by atomic mass is 10.1. The molecule has 1 amide bonds. The van der Waals surface area contributed by atoms with Crippen molar-refractivity contribution in [2.45, 2.75) is 6.61 Å². The van der Waals surface area contributed by atoms with Gasteiger partial charge in [0.2, 0.25) is 0 Å². The third-order valence-corrected chi connectivity index (χ3v) is 5.36. The van der Waals surface area contributed by atoms with Crippen molar-refractivity contribution in [1.82, 2.24) is 4.68 Å². The van der Waals surface area contributed by atoms with Crippen LogP contribution >= 0.6 is 0 Å². The van der Waals surface area contributed by atoms with E-state index in [1.807, 2.05) is 126 Å². The fourth-order valence-electron chi connectivity index (χ4n) is 3.80. The number of aromatic nitrogens is 1. The Morgan fingerprint density at radius 3 is 2.03 bits per heavy atom. The van der Waals surface area contributed by atoms with Crippen LogP contribution in [0.3, 0.4) is 0 Å². The molecule has 1 heterocycles. The molecule has 32 heavy (non-hydrogen) atoms. The SMILES string of the molecule is O=C(c1ccccc1)N(c1ccc(OCc2ccccc2)c2ccccc12)n1cccc1. The van der Waals surface area contributed by atoms with Crippen LogP contribution in [0.25, 0.3) is 10.8 Å². The first kappa shape index (κ1) is 19.6. The van der Waals surface area contributed by atoms with Crippen molar-refractivity contribution in [1.29, 1.82) is 0 Å². The Morgan fingerprint density at radius 1 is 0.688 bits per heavy atom. The minimum atomic E-state index is -0.107. The molecule has 0 N–H and O–H groups in total. The molecule has 0 bridgehead atoms. The number of ether oxygens (including phenoxy) is 1. The van der Waals surface area contributed by atoms with E-state index >= 15 is 0 Å². The fourth-order valence-corrected chi connectivity index (χ4v) is 3.80. The van der Waals surface area contributed by atoms with Gasteiger partial charge in [-0.3, -0.25) is 9.47 Å². The van der Waals surface area contributed by atoms with Gasteiger partial charge in [-0.1, -0.05) is 72.8 Å². The highest BCUT2D eigenvalue weighted by molar-refractivity contribution is 6.11. The van der Waals surface area contributed by atoms with E-state index in [2.05, 4.69) is 0 Å². The maximum absolute atomic E-state index is 13.6. The third-order valence-electron chi connectivity index (χ3n) is 5.36. The van der Waals surface area contributed by atoms with Gasteiger partial charge in [0.05, 0.1) is 5.69 Å². The summed E-state index contributed by atoms with van der Waals surface area (Å²) >= 11 is 0. The minimum Gasteiger partial charge on any atom is -0.488 e. The molecule has 5 rings (SSSR count). The molecule has 0 unspecified atom stereocenters. The molecule has 0 spiro atoms. The molecule has 0 saturated carbocycles. The Balaban J connectivity index is 1.58. The van der Waals surface area contributed by atoms with Crippen molar-refractivity contribution in [3.63, 3.8) is 0 Å². The summed E-state index contributed by atoms with van der Waals surface area (Å²) in [6, 6.07) is 35.1. The summed E-state index contributed by atoms with van der Waals surface area (Å²) in [5.41, 5.74) is 2.52. The molecular formula is C28H22N2O2. The monoisotopic (exact) mass is 418 g/mol. The number of rotatable bonds is 6. The predicted octanol–water partition coefficient (Wildman–Crippen LogP) is 6.33. The first-order valence-electron chi connectivity index (χ1n) is 10.5. The highest BCUT2D eigenvalue weighted by Crippen LogP contribution is 2.35. The van der Waals surface area contributed by atoms with Crippen molar-refractivity contribution in [2.75, 3.05) is 5.01 Å². The molecule has 0 radical (unpaired) electrons. The van der Waals surface area contributed by atoms with Crippen LogP contribution in [-0.4, -0.2) is 10.6 Å². The van der Waals surface area contributed by atoms with E-state index in [0.717, 1.165) is 27.8 Å². The first-order valence-corrected chi connectivity index (χ1v) is 10.5. The van der Waals surface area contributed by atoms with Crippen molar-refractivity contribution in [3.05, 3.63) is 133 Å². The zero-order valence-electron chi connectivity index (χ0n) is 17.5. The van der Waals surface area contributed by atoms with Gasteiger partial charge < -0.3 is 4.74 Å². The highest BCUT2D eigenvalue weighted by atomic mass is 16.5. The summed E-state index contributed by atoms with van der Waals surface area (Å²) in [4.78, 5) is 13.6. The number of carbonyl (C=O) groups excluding carboxylic acids is 1. The molecular weight excluding hydrogens is 396 g/mol. The zero-order valence-corrected chi connectivity index (χ0v) is 17.5. The van der Waals surface area contributed by atoms with Crippen molar-refractivity contribution < 1.29 is 9.53 Å². The topological polar surface area (TPSA) is 34.5 Å². The maximum atomic E-state index is 13.6. The molecule has 0 atom stereocenters. The van der Waals surface area contributed by atoms with E-state index in [-0.39, 0.29) is 5.91 Å². The smallest absolute Gasteiger partial charge is 0.277 e. The number of fused-ring (bicyclic) bond motifs is 1. The lowest BCUT2D eigenvalue weighted by Crippen LogP contribution is -2.35. The summed E-state index contributed by atoms with van der Waals surface area (Å²) in [6.45, 7) is 0.481. The van der Waals surface area contributed by atoms with Gasteiger partial charge in [0.1, 0.15) is 12.4 Å². The largest absolute Gasteiger partial charge is 0.488 e. The van der Waals surface area contributed by atoms with Gasteiger partial charge in [-0.15, -0.1) is 0 Å². The summed E-state index contributed by atoms with van der Waals surface area (Å²) in [5.74, 6) is 0.678. The van der Waals surface area contributed by atoms with Gasteiger partial charge >= 0.3 is 0 Å². The number of carbonyl (C=O) groups is 1. The lowest BCUT2D eigenvalue weighted by Gasteiger charge is -2.26. The molecule has 0 aliphatic heterocycles. The minimum absolute atomic E-state index is 0.107. The second-order valence-corrected chi connectivity index (χ2v) is 7.45. The third kappa shape index (κ3) is 3.86.